The van der Waals surface area contributed by atoms with Gasteiger partial charge in [-0.1, -0.05) is 13.8 Å². The minimum atomic E-state index is 0.181. The van der Waals surface area contributed by atoms with Gasteiger partial charge in [0.05, 0.1) is 17.3 Å². The summed E-state index contributed by atoms with van der Waals surface area (Å²) >= 11 is 0. The highest BCUT2D eigenvalue weighted by atomic mass is 16.5. The second-order valence-electron chi connectivity index (χ2n) is 6.59. The van der Waals surface area contributed by atoms with Crippen molar-refractivity contribution in [1.29, 1.82) is 0 Å². The van der Waals surface area contributed by atoms with Gasteiger partial charge < -0.3 is 10.5 Å². The summed E-state index contributed by atoms with van der Waals surface area (Å²) in [6.07, 6.45) is 9.06. The van der Waals surface area contributed by atoms with Gasteiger partial charge in [-0.05, 0) is 63.5 Å². The van der Waals surface area contributed by atoms with Crippen LogP contribution in [0, 0.1) is 0 Å². The summed E-state index contributed by atoms with van der Waals surface area (Å²) in [6, 6.07) is 0.519. The molecule has 1 spiro atoms. The average molecular weight is 291 g/mol. The summed E-state index contributed by atoms with van der Waals surface area (Å²) in [5.41, 5.74) is 10.1. The lowest BCUT2D eigenvalue weighted by Gasteiger charge is -2.47. The van der Waals surface area contributed by atoms with Gasteiger partial charge in [-0.2, -0.15) is 5.10 Å². The van der Waals surface area contributed by atoms with E-state index in [0.717, 1.165) is 38.7 Å². The van der Waals surface area contributed by atoms with Crippen molar-refractivity contribution in [2.75, 3.05) is 13.2 Å². The van der Waals surface area contributed by atoms with E-state index in [9.17, 15) is 0 Å². The largest absolute Gasteiger partial charge is 0.375 e. The molecule has 118 valence electrons. The van der Waals surface area contributed by atoms with E-state index < -0.39 is 0 Å². The molecule has 1 aliphatic carbocycles. The minimum Gasteiger partial charge on any atom is -0.375 e. The summed E-state index contributed by atoms with van der Waals surface area (Å²) in [5.74, 6) is 0. The van der Waals surface area contributed by atoms with Crippen molar-refractivity contribution in [2.45, 2.75) is 76.9 Å². The number of hydrogen-bond acceptors (Lipinski definition) is 3. The summed E-state index contributed by atoms with van der Waals surface area (Å²) in [7, 11) is 0. The normalized spacial score (nSPS) is 24.2. The molecule has 1 saturated heterocycles. The first-order chi connectivity index (χ1) is 10.2. The van der Waals surface area contributed by atoms with E-state index in [-0.39, 0.29) is 5.60 Å². The Morgan fingerprint density at radius 1 is 1.33 bits per heavy atom. The first-order valence-corrected chi connectivity index (χ1v) is 8.66. The number of nitrogens with two attached hydrogens (primary N) is 1. The van der Waals surface area contributed by atoms with E-state index in [1.165, 1.54) is 36.2 Å². The first-order valence-electron chi connectivity index (χ1n) is 8.66. The van der Waals surface area contributed by atoms with Gasteiger partial charge in [-0.25, -0.2) is 0 Å². The zero-order chi connectivity index (χ0) is 14.9. The fraction of sp³-hybridized carbons (Fsp3) is 0.824. The van der Waals surface area contributed by atoms with Crippen LogP contribution in [-0.4, -0.2) is 28.5 Å². The molecule has 2 fully saturated rings. The van der Waals surface area contributed by atoms with Crippen molar-refractivity contribution in [2.24, 2.45) is 5.73 Å². The van der Waals surface area contributed by atoms with Crippen LogP contribution in [0.15, 0.2) is 0 Å². The second kappa shape index (κ2) is 6.09. The van der Waals surface area contributed by atoms with Crippen LogP contribution in [0.4, 0.5) is 0 Å². The van der Waals surface area contributed by atoms with Gasteiger partial charge in [-0.15, -0.1) is 0 Å². The summed E-state index contributed by atoms with van der Waals surface area (Å²) in [4.78, 5) is 0. The standard InChI is InChI=1S/C17H29N3O/c1-3-15-14(6-10-18)16(4-2)20(19-15)13-7-11-21-17(12-13)8-5-9-17/h13H,3-12,18H2,1-2H3. The van der Waals surface area contributed by atoms with Gasteiger partial charge >= 0.3 is 0 Å². The van der Waals surface area contributed by atoms with E-state index in [2.05, 4.69) is 18.5 Å². The van der Waals surface area contributed by atoms with Gasteiger partial charge in [0.1, 0.15) is 0 Å². The zero-order valence-corrected chi connectivity index (χ0v) is 13.5. The Balaban J connectivity index is 1.89. The maximum absolute atomic E-state index is 6.08. The van der Waals surface area contributed by atoms with Crippen LogP contribution in [0.2, 0.25) is 0 Å². The lowest BCUT2D eigenvalue weighted by atomic mass is 9.74. The van der Waals surface area contributed by atoms with E-state index in [1.807, 2.05) is 0 Å². The SMILES string of the molecule is CCc1nn(C2CCOC3(CCC3)C2)c(CC)c1CCN. The molecule has 4 heteroatoms. The van der Waals surface area contributed by atoms with Crippen molar-refractivity contribution in [1.82, 2.24) is 9.78 Å². The van der Waals surface area contributed by atoms with Gasteiger partial charge in [0.25, 0.3) is 0 Å². The van der Waals surface area contributed by atoms with Crippen LogP contribution >= 0.6 is 0 Å². The summed E-state index contributed by atoms with van der Waals surface area (Å²) in [5, 5.41) is 4.97. The number of hydrogen-bond donors (Lipinski definition) is 1. The molecule has 1 atom stereocenters. The topological polar surface area (TPSA) is 53.1 Å². The Labute approximate surface area is 128 Å². The maximum Gasteiger partial charge on any atom is 0.0703 e. The fourth-order valence-electron chi connectivity index (χ4n) is 4.08. The van der Waals surface area contributed by atoms with Crippen molar-refractivity contribution in [3.8, 4) is 0 Å². The number of ether oxygens (including phenoxy) is 1. The smallest absolute Gasteiger partial charge is 0.0703 e. The molecular weight excluding hydrogens is 262 g/mol. The molecule has 1 aromatic heterocycles. The molecule has 1 aliphatic heterocycles. The molecule has 0 bridgehead atoms. The predicted molar refractivity (Wildman–Crippen MR) is 84.5 cm³/mol. The molecule has 3 rings (SSSR count). The van der Waals surface area contributed by atoms with Gasteiger partial charge in [0.15, 0.2) is 0 Å². The molecule has 2 N–H and O–H groups in total. The van der Waals surface area contributed by atoms with Crippen LogP contribution < -0.4 is 5.73 Å². The van der Waals surface area contributed by atoms with Crippen LogP contribution in [0.1, 0.15) is 68.9 Å². The highest BCUT2D eigenvalue weighted by molar-refractivity contribution is 5.28. The third-order valence-electron chi connectivity index (χ3n) is 5.34. The third kappa shape index (κ3) is 2.64. The Bertz CT molecular complexity index is 490. The summed E-state index contributed by atoms with van der Waals surface area (Å²) < 4.78 is 8.42. The average Bonchev–Trinajstić information content (AvgIpc) is 2.84. The lowest BCUT2D eigenvalue weighted by molar-refractivity contribution is -0.141. The highest BCUT2D eigenvalue weighted by Gasteiger charge is 2.43. The van der Waals surface area contributed by atoms with Crippen LogP contribution in [-0.2, 0) is 24.0 Å². The van der Waals surface area contributed by atoms with Crippen molar-refractivity contribution < 1.29 is 4.74 Å². The van der Waals surface area contributed by atoms with Crippen molar-refractivity contribution >= 4 is 0 Å². The number of aromatic nitrogens is 2. The molecule has 0 aromatic carbocycles. The molecule has 1 saturated carbocycles. The molecule has 21 heavy (non-hydrogen) atoms. The van der Waals surface area contributed by atoms with E-state index in [1.54, 1.807) is 0 Å². The molecule has 1 unspecified atom stereocenters. The Morgan fingerprint density at radius 3 is 2.71 bits per heavy atom. The molecule has 1 aromatic rings. The van der Waals surface area contributed by atoms with E-state index >= 15 is 0 Å². The Kier molecular flexibility index (Phi) is 4.36. The first kappa shape index (κ1) is 15.0. The minimum absolute atomic E-state index is 0.181. The van der Waals surface area contributed by atoms with Gasteiger partial charge in [0, 0.05) is 12.3 Å². The van der Waals surface area contributed by atoms with Crippen LogP contribution in [0.25, 0.3) is 0 Å². The predicted octanol–water partition coefficient (Wildman–Crippen LogP) is 2.78. The molecule has 4 nitrogen and oxygen atoms in total. The second-order valence-corrected chi connectivity index (χ2v) is 6.59. The number of rotatable bonds is 5. The third-order valence-corrected chi connectivity index (χ3v) is 5.34. The summed E-state index contributed by atoms with van der Waals surface area (Å²) in [6.45, 7) is 6.04. The lowest BCUT2D eigenvalue weighted by Crippen LogP contribution is -2.46. The molecule has 0 amide bonds. The maximum atomic E-state index is 6.08. The molecule has 2 heterocycles. The monoisotopic (exact) mass is 291 g/mol. The molecule has 0 radical (unpaired) electrons. The Morgan fingerprint density at radius 2 is 2.14 bits per heavy atom. The zero-order valence-electron chi connectivity index (χ0n) is 13.5. The van der Waals surface area contributed by atoms with Crippen molar-refractivity contribution in [3.63, 3.8) is 0 Å². The number of nitrogens with zero attached hydrogens (tertiary/aromatic N) is 2. The molecular formula is C17H29N3O. The highest BCUT2D eigenvalue weighted by Crippen LogP contribution is 2.46. The van der Waals surface area contributed by atoms with Crippen LogP contribution in [0.5, 0.6) is 0 Å². The molecule has 2 aliphatic rings. The number of aryl methyl sites for hydroxylation is 1. The van der Waals surface area contributed by atoms with E-state index in [4.69, 9.17) is 15.6 Å². The van der Waals surface area contributed by atoms with Crippen molar-refractivity contribution in [3.05, 3.63) is 17.0 Å². The fourth-order valence-corrected chi connectivity index (χ4v) is 4.08. The van der Waals surface area contributed by atoms with Crippen LogP contribution in [0.3, 0.4) is 0 Å². The van der Waals surface area contributed by atoms with E-state index in [0.29, 0.717) is 12.6 Å². The quantitative estimate of drug-likeness (QED) is 0.907. The van der Waals surface area contributed by atoms with Gasteiger partial charge in [-0.3, -0.25) is 4.68 Å². The Hall–Kier alpha value is -0.870. The van der Waals surface area contributed by atoms with Gasteiger partial charge in [0.2, 0.25) is 0 Å².